The molecule has 27 heavy (non-hydrogen) atoms. The highest BCUT2D eigenvalue weighted by Gasteiger charge is 2.18. The van der Waals surface area contributed by atoms with Crippen LogP contribution in [0.2, 0.25) is 0 Å². The quantitative estimate of drug-likeness (QED) is 0.546. The first-order chi connectivity index (χ1) is 12.7. The van der Waals surface area contributed by atoms with Crippen molar-refractivity contribution in [2.45, 2.75) is 12.8 Å². The molecule has 0 aliphatic heterocycles. The number of nitro groups is 1. The van der Waals surface area contributed by atoms with Gasteiger partial charge in [-0.25, -0.2) is 12.8 Å². The molecule has 2 rings (SSSR count). The summed E-state index contributed by atoms with van der Waals surface area (Å²) in [7, 11) is -3.60. The molecule has 0 unspecified atom stereocenters. The van der Waals surface area contributed by atoms with Gasteiger partial charge in [-0.05, 0) is 36.8 Å². The van der Waals surface area contributed by atoms with Crippen LogP contribution in [0.1, 0.15) is 12.8 Å². The van der Waals surface area contributed by atoms with Gasteiger partial charge in [0.05, 0.1) is 16.9 Å². The number of hydrogen-bond acceptors (Lipinski definition) is 5. The Bertz CT molecular complexity index is 932. The number of hydrogen-bond donors (Lipinski definition) is 1. The van der Waals surface area contributed by atoms with Crippen LogP contribution in [0.4, 0.5) is 21.5 Å². The number of anilines is 2. The van der Waals surface area contributed by atoms with Crippen LogP contribution in [0.5, 0.6) is 0 Å². The monoisotopic (exact) mass is 395 g/mol. The number of halogens is 1. The first kappa shape index (κ1) is 20.3. The van der Waals surface area contributed by atoms with Gasteiger partial charge in [0, 0.05) is 30.8 Å². The van der Waals surface area contributed by atoms with E-state index in [0.717, 1.165) is 22.7 Å². The van der Waals surface area contributed by atoms with Crippen LogP contribution in [-0.2, 0) is 14.8 Å². The predicted octanol–water partition coefficient (Wildman–Crippen LogP) is 2.92. The van der Waals surface area contributed by atoms with Crippen molar-refractivity contribution in [1.82, 2.24) is 0 Å². The van der Waals surface area contributed by atoms with Gasteiger partial charge in [-0.2, -0.15) is 0 Å². The average Bonchev–Trinajstić information content (AvgIpc) is 2.59. The van der Waals surface area contributed by atoms with Gasteiger partial charge < -0.3 is 5.32 Å². The van der Waals surface area contributed by atoms with Gasteiger partial charge in [0.2, 0.25) is 15.9 Å². The molecule has 2 aromatic rings. The minimum atomic E-state index is -3.60. The molecule has 1 N–H and O–H groups in total. The zero-order chi connectivity index (χ0) is 20.0. The van der Waals surface area contributed by atoms with Crippen LogP contribution in [0, 0.1) is 15.9 Å². The van der Waals surface area contributed by atoms with E-state index in [1.807, 2.05) is 0 Å². The minimum absolute atomic E-state index is 0.00983. The third-order valence-corrected chi connectivity index (χ3v) is 4.81. The Morgan fingerprint density at radius 1 is 1.22 bits per heavy atom. The highest BCUT2D eigenvalue weighted by Crippen LogP contribution is 2.20. The van der Waals surface area contributed by atoms with E-state index in [-0.39, 0.29) is 30.8 Å². The third kappa shape index (κ3) is 6.03. The number of carbonyl (C=O) groups excluding carboxylic acids is 1. The molecule has 0 saturated carbocycles. The Kier molecular flexibility index (Phi) is 6.45. The molecule has 0 atom stereocenters. The Labute approximate surface area is 155 Å². The fraction of sp³-hybridized carbons (Fsp3) is 0.235. The summed E-state index contributed by atoms with van der Waals surface area (Å²) in [4.78, 5) is 22.2. The average molecular weight is 395 g/mol. The Morgan fingerprint density at radius 3 is 2.48 bits per heavy atom. The number of amides is 1. The number of non-ortho nitro benzene ring substituents is 1. The van der Waals surface area contributed by atoms with E-state index in [1.54, 1.807) is 0 Å². The first-order valence-corrected chi connectivity index (χ1v) is 9.79. The molecular weight excluding hydrogens is 377 g/mol. The van der Waals surface area contributed by atoms with Crippen molar-refractivity contribution in [3.8, 4) is 0 Å². The van der Waals surface area contributed by atoms with E-state index >= 15 is 0 Å². The minimum Gasteiger partial charge on any atom is -0.326 e. The second-order valence-electron chi connectivity index (χ2n) is 5.77. The van der Waals surface area contributed by atoms with Gasteiger partial charge in [0.1, 0.15) is 5.82 Å². The largest absolute Gasteiger partial charge is 0.326 e. The molecule has 0 spiro atoms. The van der Waals surface area contributed by atoms with E-state index in [0.29, 0.717) is 5.69 Å². The van der Waals surface area contributed by atoms with Crippen LogP contribution in [0.25, 0.3) is 0 Å². The van der Waals surface area contributed by atoms with Crippen molar-refractivity contribution in [2.75, 3.05) is 22.4 Å². The van der Waals surface area contributed by atoms with Crippen LogP contribution >= 0.6 is 0 Å². The topological polar surface area (TPSA) is 110 Å². The lowest BCUT2D eigenvalue weighted by Crippen LogP contribution is -2.31. The molecule has 0 aromatic heterocycles. The maximum Gasteiger partial charge on any atom is 0.271 e. The summed E-state index contributed by atoms with van der Waals surface area (Å²) in [6.45, 7) is 0.0345. The van der Waals surface area contributed by atoms with Crippen molar-refractivity contribution < 1.29 is 22.5 Å². The fourth-order valence-corrected chi connectivity index (χ4v) is 3.36. The number of nitrogens with zero attached hydrogens (tertiary/aromatic N) is 2. The van der Waals surface area contributed by atoms with Crippen LogP contribution in [0.3, 0.4) is 0 Å². The summed E-state index contributed by atoms with van der Waals surface area (Å²) >= 11 is 0. The van der Waals surface area contributed by atoms with E-state index in [4.69, 9.17) is 0 Å². The number of rotatable bonds is 8. The van der Waals surface area contributed by atoms with Gasteiger partial charge in [-0.15, -0.1) is 0 Å². The molecular formula is C17H18FN3O5S. The first-order valence-electron chi connectivity index (χ1n) is 7.94. The summed E-state index contributed by atoms with van der Waals surface area (Å²) in [5, 5.41) is 13.3. The molecule has 0 fully saturated rings. The number of carbonyl (C=O) groups is 1. The summed E-state index contributed by atoms with van der Waals surface area (Å²) < 4.78 is 38.0. The Balaban J connectivity index is 1.96. The fourth-order valence-electron chi connectivity index (χ4n) is 2.40. The van der Waals surface area contributed by atoms with Crippen molar-refractivity contribution in [2.24, 2.45) is 0 Å². The molecule has 2 aromatic carbocycles. The lowest BCUT2D eigenvalue weighted by Gasteiger charge is -2.22. The standard InChI is InChI=1S/C17H18FN3O5S/c1-27(25,26)20(15-9-7-13(18)8-10-15)11-3-6-17(22)19-14-4-2-5-16(12-14)21(23)24/h2,4-5,7-10,12H,3,6,11H2,1H3,(H,19,22). The van der Waals surface area contributed by atoms with Crippen LogP contribution in [0.15, 0.2) is 48.5 Å². The van der Waals surface area contributed by atoms with E-state index < -0.39 is 26.7 Å². The molecule has 0 aliphatic carbocycles. The molecule has 8 nitrogen and oxygen atoms in total. The summed E-state index contributed by atoms with van der Waals surface area (Å²) in [5.74, 6) is -0.883. The van der Waals surface area contributed by atoms with Crippen LogP contribution < -0.4 is 9.62 Å². The molecule has 144 valence electrons. The van der Waals surface area contributed by atoms with E-state index in [1.165, 1.54) is 36.4 Å². The molecule has 0 saturated heterocycles. The van der Waals surface area contributed by atoms with Crippen molar-refractivity contribution in [3.63, 3.8) is 0 Å². The maximum atomic E-state index is 13.0. The zero-order valence-corrected chi connectivity index (χ0v) is 15.3. The van der Waals surface area contributed by atoms with Crippen molar-refractivity contribution in [1.29, 1.82) is 0 Å². The van der Waals surface area contributed by atoms with Crippen molar-refractivity contribution >= 4 is 33.0 Å². The zero-order valence-electron chi connectivity index (χ0n) is 14.5. The molecule has 0 bridgehead atoms. The third-order valence-electron chi connectivity index (χ3n) is 3.62. The van der Waals surface area contributed by atoms with Gasteiger partial charge in [0.15, 0.2) is 0 Å². The van der Waals surface area contributed by atoms with Gasteiger partial charge in [-0.1, -0.05) is 6.07 Å². The molecule has 0 heterocycles. The van der Waals surface area contributed by atoms with E-state index in [2.05, 4.69) is 5.32 Å². The lowest BCUT2D eigenvalue weighted by molar-refractivity contribution is -0.384. The molecule has 10 heteroatoms. The summed E-state index contributed by atoms with van der Waals surface area (Å²) in [6, 6.07) is 10.5. The Hall–Kier alpha value is -3.01. The van der Waals surface area contributed by atoms with E-state index in [9.17, 15) is 27.7 Å². The molecule has 0 radical (unpaired) electrons. The smallest absolute Gasteiger partial charge is 0.271 e. The molecule has 0 aliphatic rings. The Morgan fingerprint density at radius 2 is 1.89 bits per heavy atom. The highest BCUT2D eigenvalue weighted by atomic mass is 32.2. The number of nitrogens with one attached hydrogen (secondary N) is 1. The van der Waals surface area contributed by atoms with Gasteiger partial charge in [0.25, 0.3) is 5.69 Å². The second kappa shape index (κ2) is 8.58. The van der Waals surface area contributed by atoms with Crippen LogP contribution in [-0.4, -0.2) is 32.0 Å². The SMILES string of the molecule is CS(=O)(=O)N(CCCC(=O)Nc1cccc([N+](=O)[O-])c1)c1ccc(F)cc1. The predicted molar refractivity (Wildman–Crippen MR) is 99.5 cm³/mol. The molecule has 1 amide bonds. The lowest BCUT2D eigenvalue weighted by atomic mass is 10.2. The highest BCUT2D eigenvalue weighted by molar-refractivity contribution is 7.92. The maximum absolute atomic E-state index is 13.0. The number of benzene rings is 2. The van der Waals surface area contributed by atoms with Crippen molar-refractivity contribution in [3.05, 3.63) is 64.5 Å². The van der Waals surface area contributed by atoms with Gasteiger partial charge in [-0.3, -0.25) is 19.2 Å². The summed E-state index contributed by atoms with van der Waals surface area (Å²) in [5.41, 5.74) is 0.443. The number of sulfonamides is 1. The number of nitro benzene ring substituents is 1. The normalized spacial score (nSPS) is 11.0. The second-order valence-corrected chi connectivity index (χ2v) is 7.68. The van der Waals surface area contributed by atoms with Gasteiger partial charge >= 0.3 is 0 Å². The summed E-state index contributed by atoms with van der Waals surface area (Å²) in [6.07, 6.45) is 1.25.